The van der Waals surface area contributed by atoms with E-state index in [1.165, 1.54) is 19.2 Å². The van der Waals surface area contributed by atoms with Crippen LogP contribution >= 0.6 is 0 Å². The molecule has 0 atom stereocenters. The molecular formula is C16H26N6O2. The second-order valence-electron chi connectivity index (χ2n) is 6.81. The highest BCUT2D eigenvalue weighted by Crippen LogP contribution is 2.37. The van der Waals surface area contributed by atoms with Crippen LogP contribution in [0.5, 0.6) is 0 Å². The molecular weight excluding hydrogens is 308 g/mol. The molecule has 8 heteroatoms. The van der Waals surface area contributed by atoms with Crippen molar-refractivity contribution in [3.8, 4) is 0 Å². The lowest BCUT2D eigenvalue weighted by molar-refractivity contribution is -0.383. The molecule has 0 spiro atoms. The van der Waals surface area contributed by atoms with Crippen LogP contribution in [0, 0.1) is 16.0 Å². The lowest BCUT2D eigenvalue weighted by Crippen LogP contribution is -2.45. The number of aromatic nitrogens is 2. The molecule has 1 aromatic rings. The second kappa shape index (κ2) is 7.29. The molecule has 8 nitrogen and oxygen atoms in total. The maximum absolute atomic E-state index is 11.8. The summed E-state index contributed by atoms with van der Waals surface area (Å²) in [6.45, 7) is 7.02. The Morgan fingerprint density at radius 1 is 1.29 bits per heavy atom. The number of hydrogen-bond acceptors (Lipinski definition) is 7. The predicted octanol–water partition coefficient (Wildman–Crippen LogP) is 1.76. The van der Waals surface area contributed by atoms with Crippen LogP contribution in [0.2, 0.25) is 0 Å². The maximum atomic E-state index is 11.8. The molecule has 1 aliphatic heterocycles. The highest BCUT2D eigenvalue weighted by molar-refractivity contribution is 5.71. The van der Waals surface area contributed by atoms with Crippen LogP contribution in [-0.4, -0.2) is 66.1 Å². The largest absolute Gasteiger partial charge is 0.353 e. The Balaban J connectivity index is 1.93. The summed E-state index contributed by atoms with van der Waals surface area (Å²) in [6.07, 6.45) is 4.85. The zero-order chi connectivity index (χ0) is 17.1. The van der Waals surface area contributed by atoms with Crippen molar-refractivity contribution < 1.29 is 4.92 Å². The van der Waals surface area contributed by atoms with Crippen molar-refractivity contribution in [3.05, 3.63) is 16.4 Å². The number of rotatable bonds is 7. The predicted molar refractivity (Wildman–Crippen MR) is 93.6 cm³/mol. The van der Waals surface area contributed by atoms with E-state index in [0.717, 1.165) is 45.7 Å². The summed E-state index contributed by atoms with van der Waals surface area (Å²) < 4.78 is 0. The van der Waals surface area contributed by atoms with E-state index in [2.05, 4.69) is 33.7 Å². The van der Waals surface area contributed by atoms with Crippen LogP contribution < -0.4 is 9.80 Å². The van der Waals surface area contributed by atoms with Crippen LogP contribution in [0.1, 0.15) is 26.2 Å². The van der Waals surface area contributed by atoms with Crippen LogP contribution in [-0.2, 0) is 0 Å². The first-order valence-corrected chi connectivity index (χ1v) is 8.78. The SMILES string of the molecule is CCCN(CC1CC1)c1ncnc(N2CCN(C)CC2)c1[N+](=O)[O-]. The maximum Gasteiger partial charge on any atom is 0.353 e. The first kappa shape index (κ1) is 16.9. The molecule has 2 fully saturated rings. The van der Waals surface area contributed by atoms with Gasteiger partial charge in [-0.1, -0.05) is 6.92 Å². The molecule has 1 saturated heterocycles. The van der Waals surface area contributed by atoms with Crippen molar-refractivity contribution in [1.82, 2.24) is 14.9 Å². The van der Waals surface area contributed by atoms with Gasteiger partial charge in [-0.15, -0.1) is 0 Å². The topological polar surface area (TPSA) is 78.6 Å². The van der Waals surface area contributed by atoms with Crippen LogP contribution in [0.3, 0.4) is 0 Å². The first-order chi connectivity index (χ1) is 11.6. The highest BCUT2D eigenvalue weighted by atomic mass is 16.6. The molecule has 2 aliphatic rings. The summed E-state index contributed by atoms with van der Waals surface area (Å²) in [7, 11) is 2.07. The number of nitro groups is 1. The van der Waals surface area contributed by atoms with E-state index in [0.29, 0.717) is 17.6 Å². The third-order valence-electron chi connectivity index (χ3n) is 4.74. The molecule has 2 heterocycles. The van der Waals surface area contributed by atoms with E-state index in [1.54, 1.807) is 0 Å². The minimum absolute atomic E-state index is 0.0659. The van der Waals surface area contributed by atoms with E-state index in [4.69, 9.17) is 0 Å². The van der Waals surface area contributed by atoms with Crippen molar-refractivity contribution in [2.45, 2.75) is 26.2 Å². The summed E-state index contributed by atoms with van der Waals surface area (Å²) in [5.41, 5.74) is 0.0659. The Morgan fingerprint density at radius 2 is 2.00 bits per heavy atom. The van der Waals surface area contributed by atoms with E-state index in [1.807, 2.05) is 4.90 Å². The lowest BCUT2D eigenvalue weighted by atomic mass is 10.2. The standard InChI is InChI=1S/C16H26N6O2/c1-3-6-21(11-13-4-5-13)16-14(22(23)24)15(17-12-18-16)20-9-7-19(2)8-10-20/h12-13H,3-11H2,1-2H3. The first-order valence-electron chi connectivity index (χ1n) is 8.78. The van der Waals surface area contributed by atoms with E-state index in [-0.39, 0.29) is 10.6 Å². The molecule has 0 amide bonds. The van der Waals surface area contributed by atoms with Gasteiger partial charge in [-0.3, -0.25) is 10.1 Å². The molecule has 1 aromatic heterocycles. The third kappa shape index (κ3) is 3.75. The van der Waals surface area contributed by atoms with Crippen molar-refractivity contribution in [2.24, 2.45) is 5.92 Å². The van der Waals surface area contributed by atoms with Gasteiger partial charge in [0.05, 0.1) is 4.92 Å². The van der Waals surface area contributed by atoms with Gasteiger partial charge in [-0.05, 0) is 32.2 Å². The van der Waals surface area contributed by atoms with Gasteiger partial charge >= 0.3 is 5.69 Å². The summed E-state index contributed by atoms with van der Waals surface area (Å²) in [5, 5.41) is 11.8. The zero-order valence-corrected chi connectivity index (χ0v) is 14.5. The fraction of sp³-hybridized carbons (Fsp3) is 0.750. The Bertz CT molecular complexity index is 584. The number of anilines is 2. The fourth-order valence-corrected chi connectivity index (χ4v) is 3.17. The highest BCUT2D eigenvalue weighted by Gasteiger charge is 2.33. The van der Waals surface area contributed by atoms with Gasteiger partial charge in [-0.2, -0.15) is 0 Å². The quantitative estimate of drug-likeness (QED) is 0.555. The lowest BCUT2D eigenvalue weighted by Gasteiger charge is -2.33. The summed E-state index contributed by atoms with van der Waals surface area (Å²) in [5.74, 6) is 1.60. The van der Waals surface area contributed by atoms with Gasteiger partial charge in [0, 0.05) is 39.3 Å². The van der Waals surface area contributed by atoms with Crippen LogP contribution in [0.15, 0.2) is 6.33 Å². The summed E-state index contributed by atoms with van der Waals surface area (Å²) >= 11 is 0. The smallest absolute Gasteiger partial charge is 0.350 e. The van der Waals surface area contributed by atoms with Gasteiger partial charge in [0.2, 0.25) is 11.6 Å². The van der Waals surface area contributed by atoms with E-state index >= 15 is 0 Å². The van der Waals surface area contributed by atoms with Gasteiger partial charge < -0.3 is 14.7 Å². The normalized spacial score (nSPS) is 18.7. The van der Waals surface area contributed by atoms with Crippen molar-refractivity contribution in [1.29, 1.82) is 0 Å². The van der Waals surface area contributed by atoms with Gasteiger partial charge in [0.1, 0.15) is 6.33 Å². The molecule has 0 radical (unpaired) electrons. The fourth-order valence-electron chi connectivity index (χ4n) is 3.17. The number of likely N-dealkylation sites (N-methyl/N-ethyl adjacent to an activating group) is 1. The second-order valence-corrected chi connectivity index (χ2v) is 6.81. The third-order valence-corrected chi connectivity index (χ3v) is 4.74. The van der Waals surface area contributed by atoms with Crippen LogP contribution in [0.25, 0.3) is 0 Å². The van der Waals surface area contributed by atoms with Crippen molar-refractivity contribution in [2.75, 3.05) is 56.1 Å². The Kier molecular flexibility index (Phi) is 5.13. The van der Waals surface area contributed by atoms with Gasteiger partial charge in [0.15, 0.2) is 0 Å². The molecule has 0 N–H and O–H groups in total. The van der Waals surface area contributed by atoms with Gasteiger partial charge in [0.25, 0.3) is 0 Å². The molecule has 0 unspecified atom stereocenters. The Hall–Kier alpha value is -1.96. The molecule has 0 bridgehead atoms. The minimum Gasteiger partial charge on any atom is -0.350 e. The summed E-state index contributed by atoms with van der Waals surface area (Å²) in [4.78, 5) is 26.4. The molecule has 0 aromatic carbocycles. The molecule has 1 saturated carbocycles. The average Bonchev–Trinajstić information content (AvgIpc) is 3.38. The number of hydrogen-bond donors (Lipinski definition) is 0. The molecule has 24 heavy (non-hydrogen) atoms. The van der Waals surface area contributed by atoms with E-state index in [9.17, 15) is 10.1 Å². The number of piperazine rings is 1. The monoisotopic (exact) mass is 334 g/mol. The van der Waals surface area contributed by atoms with Crippen molar-refractivity contribution >= 4 is 17.3 Å². The van der Waals surface area contributed by atoms with Crippen LogP contribution in [0.4, 0.5) is 17.3 Å². The van der Waals surface area contributed by atoms with E-state index < -0.39 is 0 Å². The number of nitrogens with zero attached hydrogens (tertiary/aromatic N) is 6. The Morgan fingerprint density at radius 3 is 2.58 bits per heavy atom. The Labute approximate surface area is 142 Å². The molecule has 3 rings (SSSR count). The average molecular weight is 334 g/mol. The molecule has 1 aliphatic carbocycles. The van der Waals surface area contributed by atoms with Gasteiger partial charge in [-0.25, -0.2) is 9.97 Å². The minimum atomic E-state index is -0.307. The zero-order valence-electron chi connectivity index (χ0n) is 14.5. The molecule has 132 valence electrons. The van der Waals surface area contributed by atoms with Crippen molar-refractivity contribution in [3.63, 3.8) is 0 Å². The summed E-state index contributed by atoms with van der Waals surface area (Å²) in [6, 6.07) is 0.